The highest BCUT2D eigenvalue weighted by Crippen LogP contribution is 2.30. The molecule has 0 N–H and O–H groups in total. The molecule has 4 rings (SSSR count). The normalized spacial score (nSPS) is 11.4. The number of halogens is 1. The van der Waals surface area contributed by atoms with Crippen molar-refractivity contribution in [1.82, 2.24) is 0 Å². The molecule has 0 aliphatic rings. The van der Waals surface area contributed by atoms with Gasteiger partial charge in [-0.1, -0.05) is 73.9 Å². The molecule has 0 unspecified atom stereocenters. The monoisotopic (exact) mass is 374 g/mol. The van der Waals surface area contributed by atoms with Gasteiger partial charge in [0.25, 0.3) is 0 Å². The van der Waals surface area contributed by atoms with E-state index in [1.54, 1.807) is 0 Å². The molecule has 4 aromatic rings. The molecule has 142 valence electrons. The summed E-state index contributed by atoms with van der Waals surface area (Å²) in [5, 5.41) is 1.84. The van der Waals surface area contributed by atoms with Crippen LogP contribution >= 0.6 is 0 Å². The van der Waals surface area contributed by atoms with E-state index in [9.17, 15) is 9.18 Å². The molecule has 0 bridgehead atoms. The van der Waals surface area contributed by atoms with Crippen LogP contribution in [-0.2, 0) is 6.42 Å². The predicted molar refractivity (Wildman–Crippen MR) is 113 cm³/mol. The second-order valence-corrected chi connectivity index (χ2v) is 7.39. The maximum atomic E-state index is 15.0. The van der Waals surface area contributed by atoms with Gasteiger partial charge in [0.1, 0.15) is 0 Å². The van der Waals surface area contributed by atoms with Crippen LogP contribution in [0, 0.1) is 12.7 Å². The zero-order valence-electron chi connectivity index (χ0n) is 16.2. The zero-order chi connectivity index (χ0) is 19.7. The van der Waals surface area contributed by atoms with Crippen LogP contribution in [0.15, 0.2) is 63.8 Å². The van der Waals surface area contributed by atoms with Crippen molar-refractivity contribution in [1.29, 1.82) is 0 Å². The minimum Gasteiger partial charge on any atom is -0.419 e. The number of fused-ring (bicyclic) bond motifs is 3. The van der Waals surface area contributed by atoms with Crippen LogP contribution in [-0.4, -0.2) is 0 Å². The summed E-state index contributed by atoms with van der Waals surface area (Å²) in [6.07, 6.45) is 3.72. The Morgan fingerprint density at radius 1 is 0.857 bits per heavy atom. The van der Waals surface area contributed by atoms with E-state index in [0.29, 0.717) is 22.8 Å². The third-order valence-corrected chi connectivity index (χ3v) is 5.34. The van der Waals surface area contributed by atoms with Crippen molar-refractivity contribution in [3.63, 3.8) is 0 Å². The van der Waals surface area contributed by atoms with Crippen molar-refractivity contribution in [2.24, 2.45) is 0 Å². The first-order valence-electron chi connectivity index (χ1n) is 9.83. The molecular weight excluding hydrogens is 351 g/mol. The fourth-order valence-corrected chi connectivity index (χ4v) is 3.69. The van der Waals surface area contributed by atoms with Gasteiger partial charge in [-0.25, -0.2) is 9.18 Å². The Balaban J connectivity index is 1.85. The lowest BCUT2D eigenvalue weighted by Gasteiger charge is -2.09. The van der Waals surface area contributed by atoms with Gasteiger partial charge < -0.3 is 4.42 Å². The Morgan fingerprint density at radius 2 is 1.57 bits per heavy atom. The number of benzene rings is 3. The molecule has 0 amide bonds. The van der Waals surface area contributed by atoms with E-state index in [0.717, 1.165) is 35.8 Å². The summed E-state index contributed by atoms with van der Waals surface area (Å²) in [4.78, 5) is 12.6. The molecule has 0 aliphatic carbocycles. The topological polar surface area (TPSA) is 30.2 Å². The highest BCUT2D eigenvalue weighted by atomic mass is 19.1. The lowest BCUT2D eigenvalue weighted by Crippen LogP contribution is -2.02. The highest BCUT2D eigenvalue weighted by Gasteiger charge is 2.15. The van der Waals surface area contributed by atoms with E-state index in [-0.39, 0.29) is 5.58 Å². The van der Waals surface area contributed by atoms with Gasteiger partial charge in [0, 0.05) is 10.8 Å². The first-order chi connectivity index (χ1) is 13.6. The van der Waals surface area contributed by atoms with Crippen molar-refractivity contribution in [3.8, 4) is 11.1 Å². The van der Waals surface area contributed by atoms with Crippen molar-refractivity contribution >= 4 is 21.7 Å². The largest absolute Gasteiger partial charge is 0.419 e. The summed E-state index contributed by atoms with van der Waals surface area (Å²) in [6, 6.07) is 17.5. The van der Waals surface area contributed by atoms with Crippen molar-refractivity contribution < 1.29 is 8.81 Å². The van der Waals surface area contributed by atoms with Gasteiger partial charge in [0.15, 0.2) is 11.4 Å². The summed E-state index contributed by atoms with van der Waals surface area (Å²) >= 11 is 0. The maximum absolute atomic E-state index is 15.0. The van der Waals surface area contributed by atoms with Gasteiger partial charge >= 0.3 is 5.63 Å². The molecule has 0 fully saturated rings. The van der Waals surface area contributed by atoms with Crippen LogP contribution in [0.3, 0.4) is 0 Å². The Labute approximate surface area is 163 Å². The van der Waals surface area contributed by atoms with E-state index in [1.807, 2.05) is 61.5 Å². The van der Waals surface area contributed by atoms with Crippen molar-refractivity contribution in [2.75, 3.05) is 0 Å². The Bertz CT molecular complexity index is 1200. The number of unbranched alkanes of at least 4 members (excludes halogenated alkanes) is 2. The second kappa shape index (κ2) is 7.59. The third-order valence-electron chi connectivity index (χ3n) is 5.34. The van der Waals surface area contributed by atoms with Crippen LogP contribution in [0.5, 0.6) is 0 Å². The van der Waals surface area contributed by atoms with Gasteiger partial charge in [0.2, 0.25) is 0 Å². The fourth-order valence-electron chi connectivity index (χ4n) is 3.69. The summed E-state index contributed by atoms with van der Waals surface area (Å²) in [7, 11) is 0. The van der Waals surface area contributed by atoms with Gasteiger partial charge in [0.05, 0.1) is 5.39 Å². The van der Waals surface area contributed by atoms with Gasteiger partial charge in [-0.15, -0.1) is 0 Å². The van der Waals surface area contributed by atoms with Crippen LogP contribution in [0.2, 0.25) is 0 Å². The maximum Gasteiger partial charge on any atom is 0.344 e. The second-order valence-electron chi connectivity index (χ2n) is 7.39. The molecule has 3 heteroatoms. The summed E-state index contributed by atoms with van der Waals surface area (Å²) in [6.45, 7) is 4.16. The SMILES string of the molecule is CCCCCc1ccc2c(oc(=O)c3cc(-c4ccc(C)cc4)ccc32)c1F. The Hall–Kier alpha value is -2.94. The Morgan fingerprint density at radius 3 is 2.32 bits per heavy atom. The number of rotatable bonds is 5. The molecule has 0 radical (unpaired) electrons. The van der Waals surface area contributed by atoms with Gasteiger partial charge in [-0.3, -0.25) is 0 Å². The fraction of sp³-hybridized carbons (Fsp3) is 0.240. The highest BCUT2D eigenvalue weighted by molar-refractivity contribution is 6.05. The summed E-state index contributed by atoms with van der Waals surface area (Å²) < 4.78 is 20.4. The van der Waals surface area contributed by atoms with E-state index >= 15 is 0 Å². The van der Waals surface area contributed by atoms with Crippen molar-refractivity contribution in [3.05, 3.63) is 82.0 Å². The van der Waals surface area contributed by atoms with Gasteiger partial charge in [-0.2, -0.15) is 0 Å². The van der Waals surface area contributed by atoms with Gasteiger partial charge in [-0.05, 0) is 42.5 Å². The molecule has 0 saturated heterocycles. The molecule has 1 aromatic heterocycles. The molecule has 2 nitrogen and oxygen atoms in total. The summed E-state index contributed by atoms with van der Waals surface area (Å²) in [5.74, 6) is -0.407. The molecule has 1 heterocycles. The van der Waals surface area contributed by atoms with Crippen LogP contribution in [0.25, 0.3) is 32.9 Å². The minimum absolute atomic E-state index is 0.0644. The average molecular weight is 374 g/mol. The van der Waals surface area contributed by atoms with Crippen molar-refractivity contribution in [2.45, 2.75) is 39.5 Å². The number of aryl methyl sites for hydroxylation is 2. The molecule has 3 aromatic carbocycles. The van der Waals surface area contributed by atoms with E-state index < -0.39 is 11.4 Å². The van der Waals surface area contributed by atoms with E-state index in [1.165, 1.54) is 5.56 Å². The number of hydrogen-bond acceptors (Lipinski definition) is 2. The minimum atomic E-state index is -0.499. The Kier molecular flexibility index (Phi) is 4.99. The number of hydrogen-bond donors (Lipinski definition) is 0. The van der Waals surface area contributed by atoms with E-state index in [4.69, 9.17) is 4.42 Å². The molecule has 0 spiro atoms. The average Bonchev–Trinajstić information content (AvgIpc) is 2.71. The third kappa shape index (κ3) is 3.33. The lowest BCUT2D eigenvalue weighted by atomic mass is 9.98. The zero-order valence-corrected chi connectivity index (χ0v) is 16.2. The quantitative estimate of drug-likeness (QED) is 0.219. The lowest BCUT2D eigenvalue weighted by molar-refractivity contribution is 0.522. The van der Waals surface area contributed by atoms with Crippen LogP contribution in [0.4, 0.5) is 4.39 Å². The van der Waals surface area contributed by atoms with E-state index in [2.05, 4.69) is 6.92 Å². The molecule has 0 atom stereocenters. The molecule has 28 heavy (non-hydrogen) atoms. The van der Waals surface area contributed by atoms with Crippen LogP contribution in [0.1, 0.15) is 37.3 Å². The predicted octanol–water partition coefficient (Wildman–Crippen LogP) is 6.79. The molecule has 0 saturated carbocycles. The summed E-state index contributed by atoms with van der Waals surface area (Å²) in [5.41, 5.74) is 3.33. The standard InChI is InChI=1S/C25H23FO2/c1-3-4-5-6-18-11-14-21-20-13-12-19(17-9-7-16(2)8-10-17)15-22(20)25(27)28-24(21)23(18)26/h7-15H,3-6H2,1-2H3. The first kappa shape index (κ1) is 18.4. The molecular formula is C25H23FO2. The first-order valence-corrected chi connectivity index (χ1v) is 9.83. The smallest absolute Gasteiger partial charge is 0.344 e. The van der Waals surface area contributed by atoms with Crippen LogP contribution < -0.4 is 5.63 Å². The molecule has 0 aliphatic heterocycles.